The first-order chi connectivity index (χ1) is 30.0. The van der Waals surface area contributed by atoms with E-state index in [4.69, 9.17) is 9.05 Å². The zero-order valence-corrected chi connectivity index (χ0v) is 40.7. The molecule has 0 heterocycles. The molecular formula is C53H89N2O6P. The van der Waals surface area contributed by atoms with Crippen molar-refractivity contribution in [3.05, 3.63) is 122 Å². The molecule has 0 saturated heterocycles. The molecule has 0 spiro atoms. The van der Waals surface area contributed by atoms with Crippen molar-refractivity contribution in [1.29, 1.82) is 0 Å². The van der Waals surface area contributed by atoms with Crippen LogP contribution in [-0.4, -0.2) is 68.5 Å². The van der Waals surface area contributed by atoms with Gasteiger partial charge in [0.15, 0.2) is 0 Å². The first-order valence-electron chi connectivity index (χ1n) is 23.9. The van der Waals surface area contributed by atoms with E-state index in [-0.39, 0.29) is 12.5 Å². The van der Waals surface area contributed by atoms with Gasteiger partial charge in [-0.2, -0.15) is 0 Å². The van der Waals surface area contributed by atoms with Gasteiger partial charge in [0.1, 0.15) is 13.2 Å². The molecule has 0 aromatic heterocycles. The second-order valence-electron chi connectivity index (χ2n) is 16.7. The Morgan fingerprint density at radius 1 is 0.581 bits per heavy atom. The maximum Gasteiger partial charge on any atom is 0.268 e. The standard InChI is InChI=1S/C53H89N2O6P/c1-6-8-10-12-14-16-18-19-20-21-22-23-24-25-26-27-28-29-30-31-32-33-34-35-37-39-41-43-45-47-53(57)54-51(50-61-62(58,59)60-49-48-55(3,4)5)52(56)46-44-42-40-38-36-17-15-13-11-9-7-2/h8,10,14,16,19-20,22-23,25-26,28-29,31-32,34-36,38,44,46,51-52,56H,6-7,9,11-13,15,17-18,21,24,27,30,33,37,39-43,45,47-50H2,1-5H3,(H-,54,57,58,59)/b10-8-,16-14-,20-19-,23-22-,26-25-,29-28-,32-31-,35-34-,38-36+,46-44+. The highest BCUT2D eigenvalue weighted by atomic mass is 31.2. The largest absolute Gasteiger partial charge is 0.756 e. The Hall–Kier alpha value is -3.10. The van der Waals surface area contributed by atoms with Crippen molar-refractivity contribution >= 4 is 13.7 Å². The summed E-state index contributed by atoms with van der Waals surface area (Å²) in [5.74, 6) is -0.240. The van der Waals surface area contributed by atoms with Crippen molar-refractivity contribution in [1.82, 2.24) is 5.32 Å². The summed E-state index contributed by atoms with van der Waals surface area (Å²) in [4.78, 5) is 25.3. The van der Waals surface area contributed by atoms with Crippen molar-refractivity contribution in [3.8, 4) is 0 Å². The predicted octanol–water partition coefficient (Wildman–Crippen LogP) is 13.2. The number of likely N-dealkylation sites (N-methyl/N-ethyl adjacent to an activating group) is 1. The third-order valence-electron chi connectivity index (χ3n) is 9.66. The zero-order chi connectivity index (χ0) is 45.7. The van der Waals surface area contributed by atoms with Crippen LogP contribution in [0.2, 0.25) is 0 Å². The molecule has 0 fully saturated rings. The Kier molecular flexibility index (Phi) is 41.0. The van der Waals surface area contributed by atoms with Crippen LogP contribution in [-0.2, 0) is 18.4 Å². The minimum atomic E-state index is -4.61. The molecule has 0 aliphatic rings. The number of hydrogen-bond donors (Lipinski definition) is 2. The molecule has 9 heteroatoms. The number of phosphoric ester groups is 1. The van der Waals surface area contributed by atoms with Gasteiger partial charge in [0.05, 0.1) is 39.9 Å². The van der Waals surface area contributed by atoms with Crippen LogP contribution in [0.4, 0.5) is 0 Å². The molecule has 0 bridgehead atoms. The number of aliphatic hydroxyl groups is 1. The number of unbranched alkanes of at least 4 members (excludes halogenated alkanes) is 10. The van der Waals surface area contributed by atoms with Crippen LogP contribution in [0.25, 0.3) is 0 Å². The fraction of sp³-hybridized carbons (Fsp3) is 0.604. The number of hydrogen-bond acceptors (Lipinski definition) is 6. The molecule has 0 radical (unpaired) electrons. The van der Waals surface area contributed by atoms with E-state index in [1.165, 1.54) is 32.1 Å². The van der Waals surface area contributed by atoms with Crippen LogP contribution in [0.15, 0.2) is 122 Å². The lowest BCUT2D eigenvalue weighted by Gasteiger charge is -2.29. The molecule has 0 aliphatic carbocycles. The summed E-state index contributed by atoms with van der Waals surface area (Å²) in [7, 11) is 1.20. The van der Waals surface area contributed by atoms with Gasteiger partial charge in [-0.15, -0.1) is 0 Å². The van der Waals surface area contributed by atoms with Crippen LogP contribution in [0.5, 0.6) is 0 Å². The molecule has 352 valence electrons. The van der Waals surface area contributed by atoms with Gasteiger partial charge in [-0.1, -0.05) is 174 Å². The lowest BCUT2D eigenvalue weighted by molar-refractivity contribution is -0.870. The zero-order valence-electron chi connectivity index (χ0n) is 39.8. The third kappa shape index (κ3) is 44.9. The van der Waals surface area contributed by atoms with Crippen molar-refractivity contribution in [2.75, 3.05) is 40.9 Å². The Morgan fingerprint density at radius 2 is 1.00 bits per heavy atom. The molecule has 0 aromatic carbocycles. The number of amides is 1. The molecule has 0 aromatic rings. The summed E-state index contributed by atoms with van der Waals surface area (Å²) in [6, 6.07) is -0.925. The number of carbonyl (C=O) groups is 1. The van der Waals surface area contributed by atoms with Crippen molar-refractivity contribution < 1.29 is 32.9 Å². The van der Waals surface area contributed by atoms with Gasteiger partial charge in [0.25, 0.3) is 7.82 Å². The molecule has 0 aliphatic heterocycles. The number of phosphoric acid groups is 1. The van der Waals surface area contributed by atoms with Crippen molar-refractivity contribution in [3.63, 3.8) is 0 Å². The Balaban J connectivity index is 4.36. The van der Waals surface area contributed by atoms with E-state index in [0.717, 1.165) is 96.3 Å². The number of nitrogens with zero attached hydrogens (tertiary/aromatic N) is 1. The molecule has 1 amide bonds. The van der Waals surface area contributed by atoms with Crippen LogP contribution in [0, 0.1) is 0 Å². The molecule has 2 N–H and O–H groups in total. The van der Waals surface area contributed by atoms with E-state index in [1.807, 2.05) is 27.2 Å². The highest BCUT2D eigenvalue weighted by molar-refractivity contribution is 7.45. The normalized spacial score (nSPS) is 15.3. The Morgan fingerprint density at radius 3 is 1.48 bits per heavy atom. The third-order valence-corrected chi connectivity index (χ3v) is 10.6. The van der Waals surface area contributed by atoms with E-state index in [9.17, 15) is 19.4 Å². The minimum Gasteiger partial charge on any atom is -0.756 e. The molecule has 3 atom stereocenters. The summed E-state index contributed by atoms with van der Waals surface area (Å²) < 4.78 is 23.1. The molecule has 3 unspecified atom stereocenters. The predicted molar refractivity (Wildman–Crippen MR) is 265 cm³/mol. The fourth-order valence-corrected chi connectivity index (χ4v) is 6.61. The SMILES string of the molecule is CC/C=C\C/C=C\C/C=C\C/C=C\C/C=C\C/C=C\C/C=C\C/C=C\CCCCCCC(=O)NC(COP(=O)([O-])OCC[N+](C)(C)C)C(O)/C=C/CC/C=C/CCCCCCC. The fourth-order valence-electron chi connectivity index (χ4n) is 5.89. The van der Waals surface area contributed by atoms with Gasteiger partial charge < -0.3 is 28.8 Å². The summed E-state index contributed by atoms with van der Waals surface area (Å²) in [5.41, 5.74) is 0. The van der Waals surface area contributed by atoms with E-state index < -0.39 is 26.6 Å². The number of allylic oxidation sites excluding steroid dienone is 19. The number of carbonyl (C=O) groups excluding carboxylic acids is 1. The van der Waals surface area contributed by atoms with Gasteiger partial charge in [0.2, 0.25) is 5.91 Å². The van der Waals surface area contributed by atoms with Gasteiger partial charge in [-0.25, -0.2) is 0 Å². The Labute approximate surface area is 380 Å². The number of nitrogens with one attached hydrogen (secondary N) is 1. The summed E-state index contributed by atoms with van der Waals surface area (Å²) in [6.45, 7) is 4.42. The second-order valence-corrected chi connectivity index (χ2v) is 18.1. The molecule has 62 heavy (non-hydrogen) atoms. The molecule has 0 saturated carbocycles. The summed E-state index contributed by atoms with van der Waals surface area (Å²) in [6.07, 6.45) is 64.0. The van der Waals surface area contributed by atoms with E-state index >= 15 is 0 Å². The lowest BCUT2D eigenvalue weighted by atomic mass is 10.1. The first kappa shape index (κ1) is 58.9. The van der Waals surface area contributed by atoms with Gasteiger partial charge in [-0.05, 0) is 96.3 Å². The van der Waals surface area contributed by atoms with E-state index in [1.54, 1.807) is 6.08 Å². The Bertz CT molecular complexity index is 1410. The van der Waals surface area contributed by atoms with Crippen LogP contribution < -0.4 is 10.2 Å². The van der Waals surface area contributed by atoms with Gasteiger partial charge in [-0.3, -0.25) is 9.36 Å². The lowest BCUT2D eigenvalue weighted by Crippen LogP contribution is -2.45. The number of rotatable bonds is 41. The maximum atomic E-state index is 12.9. The van der Waals surface area contributed by atoms with Crippen LogP contribution >= 0.6 is 7.82 Å². The summed E-state index contributed by atoms with van der Waals surface area (Å²) in [5, 5.41) is 13.7. The molecule has 0 rings (SSSR count). The highest BCUT2D eigenvalue weighted by Crippen LogP contribution is 2.38. The average molecular weight is 881 g/mol. The van der Waals surface area contributed by atoms with Gasteiger partial charge >= 0.3 is 0 Å². The van der Waals surface area contributed by atoms with E-state index in [0.29, 0.717) is 23.9 Å². The number of aliphatic hydroxyl groups excluding tert-OH is 1. The maximum absolute atomic E-state index is 12.9. The minimum absolute atomic E-state index is 0.0193. The number of quaternary nitrogens is 1. The van der Waals surface area contributed by atoms with Crippen LogP contribution in [0.1, 0.15) is 155 Å². The summed E-state index contributed by atoms with van der Waals surface area (Å²) >= 11 is 0. The smallest absolute Gasteiger partial charge is 0.268 e. The second kappa shape index (κ2) is 43.2. The first-order valence-corrected chi connectivity index (χ1v) is 25.4. The highest BCUT2D eigenvalue weighted by Gasteiger charge is 2.23. The molecule has 8 nitrogen and oxygen atoms in total. The van der Waals surface area contributed by atoms with Gasteiger partial charge in [0, 0.05) is 6.42 Å². The van der Waals surface area contributed by atoms with Crippen LogP contribution in [0.3, 0.4) is 0 Å². The topological polar surface area (TPSA) is 108 Å². The van der Waals surface area contributed by atoms with E-state index in [2.05, 4.69) is 129 Å². The quantitative estimate of drug-likeness (QED) is 0.0274. The van der Waals surface area contributed by atoms with Crippen molar-refractivity contribution in [2.45, 2.75) is 167 Å². The van der Waals surface area contributed by atoms with Crippen molar-refractivity contribution in [2.24, 2.45) is 0 Å². The average Bonchev–Trinajstić information content (AvgIpc) is 3.23. The molecular weight excluding hydrogens is 792 g/mol. The monoisotopic (exact) mass is 881 g/mol.